The summed E-state index contributed by atoms with van der Waals surface area (Å²) in [6.07, 6.45) is 2.89. The molecule has 0 saturated carbocycles. The highest BCUT2D eigenvalue weighted by atomic mass is 35.5. The maximum Gasteiger partial charge on any atom is 0.225 e. The molecule has 0 spiro atoms. The summed E-state index contributed by atoms with van der Waals surface area (Å²) >= 11 is 0. The molecule has 2 unspecified atom stereocenters. The van der Waals surface area contributed by atoms with Gasteiger partial charge in [0.25, 0.3) is 0 Å². The average molecular weight is 306 g/mol. The molecule has 0 aliphatic carbocycles. The van der Waals surface area contributed by atoms with E-state index >= 15 is 0 Å². The molecule has 2 saturated heterocycles. The Hall–Kier alpha value is -0.360. The third kappa shape index (κ3) is 5.56. The number of unbranched alkanes of at least 4 members (excludes halogenated alkanes) is 1. The predicted octanol–water partition coefficient (Wildman–Crippen LogP) is 0.633. The number of carbonyl (C=O) groups is 1. The van der Waals surface area contributed by atoms with Crippen molar-refractivity contribution in [2.45, 2.75) is 38.9 Å². The first kappa shape index (κ1) is 17.7. The highest BCUT2D eigenvalue weighted by Gasteiger charge is 2.24. The second-order valence-electron chi connectivity index (χ2n) is 5.87. The molecular formula is C14H28ClN3O2. The number of rotatable bonds is 6. The van der Waals surface area contributed by atoms with Gasteiger partial charge in [-0.1, -0.05) is 0 Å². The molecule has 20 heavy (non-hydrogen) atoms. The lowest BCUT2D eigenvalue weighted by Crippen LogP contribution is -2.51. The number of amides is 1. The van der Waals surface area contributed by atoms with Gasteiger partial charge in [-0.05, 0) is 33.2 Å². The number of ether oxygens (including phenoxy) is 1. The van der Waals surface area contributed by atoms with Crippen LogP contribution in [0.5, 0.6) is 0 Å². The van der Waals surface area contributed by atoms with Crippen molar-refractivity contribution in [2.24, 2.45) is 5.92 Å². The normalized spacial score (nSPS) is 27.5. The van der Waals surface area contributed by atoms with Gasteiger partial charge in [0.15, 0.2) is 0 Å². The van der Waals surface area contributed by atoms with Crippen LogP contribution >= 0.6 is 12.4 Å². The molecule has 2 N–H and O–H groups in total. The molecule has 2 fully saturated rings. The van der Waals surface area contributed by atoms with Gasteiger partial charge in [-0.3, -0.25) is 9.69 Å². The zero-order chi connectivity index (χ0) is 13.7. The number of morpholine rings is 1. The van der Waals surface area contributed by atoms with Crippen LogP contribution in [0.3, 0.4) is 0 Å². The van der Waals surface area contributed by atoms with E-state index in [1.54, 1.807) is 0 Å². The van der Waals surface area contributed by atoms with Crippen LogP contribution in [0.4, 0.5) is 0 Å². The summed E-state index contributed by atoms with van der Waals surface area (Å²) in [5.74, 6) is 0.424. The second-order valence-corrected chi connectivity index (χ2v) is 5.87. The molecule has 0 aromatic rings. The molecule has 118 valence electrons. The van der Waals surface area contributed by atoms with Crippen LogP contribution in [0, 0.1) is 5.92 Å². The first-order chi connectivity index (χ1) is 9.15. The van der Waals surface area contributed by atoms with E-state index in [0.717, 1.165) is 52.1 Å². The maximum atomic E-state index is 11.6. The molecule has 6 heteroatoms. The van der Waals surface area contributed by atoms with Crippen molar-refractivity contribution >= 4 is 18.3 Å². The van der Waals surface area contributed by atoms with Crippen molar-refractivity contribution in [3.05, 3.63) is 0 Å². The van der Waals surface area contributed by atoms with Gasteiger partial charge in [-0.15, -0.1) is 12.4 Å². The zero-order valence-electron chi connectivity index (χ0n) is 12.6. The van der Waals surface area contributed by atoms with E-state index in [9.17, 15) is 4.79 Å². The molecule has 2 heterocycles. The van der Waals surface area contributed by atoms with E-state index in [1.165, 1.54) is 0 Å². The molecule has 5 nitrogen and oxygen atoms in total. The smallest absolute Gasteiger partial charge is 0.225 e. The lowest BCUT2D eigenvalue weighted by Gasteiger charge is -2.35. The molecule has 2 aliphatic rings. The van der Waals surface area contributed by atoms with Crippen molar-refractivity contribution in [3.63, 3.8) is 0 Å². The summed E-state index contributed by atoms with van der Waals surface area (Å²) in [5.41, 5.74) is 0. The van der Waals surface area contributed by atoms with E-state index < -0.39 is 0 Å². The molecule has 0 radical (unpaired) electrons. The third-order valence-electron chi connectivity index (χ3n) is 3.85. The molecule has 2 aliphatic heterocycles. The maximum absolute atomic E-state index is 11.6. The Balaban J connectivity index is 0.00000200. The summed E-state index contributed by atoms with van der Waals surface area (Å²) in [4.78, 5) is 14.1. The van der Waals surface area contributed by atoms with Crippen molar-refractivity contribution < 1.29 is 9.53 Å². The molecule has 2 atom stereocenters. The Morgan fingerprint density at radius 1 is 1.25 bits per heavy atom. The van der Waals surface area contributed by atoms with Gasteiger partial charge < -0.3 is 15.4 Å². The van der Waals surface area contributed by atoms with Gasteiger partial charge in [-0.2, -0.15) is 0 Å². The van der Waals surface area contributed by atoms with E-state index in [-0.39, 0.29) is 24.2 Å². The van der Waals surface area contributed by atoms with Gasteiger partial charge in [0.1, 0.15) is 0 Å². The predicted molar refractivity (Wildman–Crippen MR) is 82.3 cm³/mol. The number of hydrogen-bond donors (Lipinski definition) is 2. The van der Waals surface area contributed by atoms with Crippen LogP contribution in [-0.4, -0.2) is 62.3 Å². The molecule has 2 rings (SSSR count). The Bertz CT molecular complexity index is 290. The minimum atomic E-state index is 0. The monoisotopic (exact) mass is 305 g/mol. The molecular weight excluding hydrogens is 278 g/mol. The lowest BCUT2D eigenvalue weighted by atomic mass is 10.0. The van der Waals surface area contributed by atoms with Crippen LogP contribution in [0.1, 0.15) is 26.7 Å². The number of nitrogens with one attached hydrogen (secondary N) is 2. The van der Waals surface area contributed by atoms with Crippen LogP contribution < -0.4 is 10.6 Å². The summed E-state index contributed by atoms with van der Waals surface area (Å²) < 4.78 is 5.72. The summed E-state index contributed by atoms with van der Waals surface area (Å²) in [7, 11) is 0. The fraction of sp³-hybridized carbons (Fsp3) is 0.929. The highest BCUT2D eigenvalue weighted by molar-refractivity contribution is 5.85. The topological polar surface area (TPSA) is 53.6 Å². The molecule has 0 bridgehead atoms. The second kappa shape index (κ2) is 8.82. The molecule has 0 aromatic heterocycles. The minimum absolute atomic E-state index is 0. The lowest BCUT2D eigenvalue weighted by molar-refractivity contribution is -0.126. The molecule has 1 amide bonds. The van der Waals surface area contributed by atoms with Crippen molar-refractivity contribution in [1.82, 2.24) is 15.5 Å². The Kier molecular flexibility index (Phi) is 7.80. The third-order valence-corrected chi connectivity index (χ3v) is 3.85. The Morgan fingerprint density at radius 3 is 2.45 bits per heavy atom. The van der Waals surface area contributed by atoms with E-state index in [1.807, 2.05) is 0 Å². The van der Waals surface area contributed by atoms with E-state index in [0.29, 0.717) is 12.2 Å². The zero-order valence-corrected chi connectivity index (χ0v) is 13.4. The fourth-order valence-corrected chi connectivity index (χ4v) is 2.76. The Labute approximate surface area is 128 Å². The standard InChI is InChI=1S/C14H27N3O2.ClH/c1-11-9-17(10-12(2)19-11)6-4-3-5-16-14(18)13-7-15-8-13;/h11-13,15H,3-10H2,1-2H3,(H,16,18);1H. The number of nitrogens with zero attached hydrogens (tertiary/aromatic N) is 1. The van der Waals surface area contributed by atoms with E-state index in [4.69, 9.17) is 4.74 Å². The number of halogens is 1. The quantitative estimate of drug-likeness (QED) is 0.707. The van der Waals surface area contributed by atoms with Gasteiger partial charge in [0.05, 0.1) is 18.1 Å². The van der Waals surface area contributed by atoms with Crippen LogP contribution in [-0.2, 0) is 9.53 Å². The molecule has 0 aromatic carbocycles. The van der Waals surface area contributed by atoms with Gasteiger partial charge >= 0.3 is 0 Å². The van der Waals surface area contributed by atoms with Crippen LogP contribution in [0.25, 0.3) is 0 Å². The largest absolute Gasteiger partial charge is 0.373 e. The van der Waals surface area contributed by atoms with Crippen LogP contribution in [0.2, 0.25) is 0 Å². The van der Waals surface area contributed by atoms with Gasteiger partial charge in [-0.25, -0.2) is 0 Å². The van der Waals surface area contributed by atoms with Crippen molar-refractivity contribution in [1.29, 1.82) is 0 Å². The first-order valence-corrected chi connectivity index (χ1v) is 7.51. The van der Waals surface area contributed by atoms with Crippen LogP contribution in [0.15, 0.2) is 0 Å². The highest BCUT2D eigenvalue weighted by Crippen LogP contribution is 2.11. The Morgan fingerprint density at radius 2 is 1.90 bits per heavy atom. The van der Waals surface area contributed by atoms with Crippen molar-refractivity contribution in [2.75, 3.05) is 39.3 Å². The number of hydrogen-bond acceptors (Lipinski definition) is 4. The average Bonchev–Trinajstić information content (AvgIpc) is 2.24. The fourth-order valence-electron chi connectivity index (χ4n) is 2.76. The number of carbonyl (C=O) groups excluding carboxylic acids is 1. The van der Waals surface area contributed by atoms with Gasteiger partial charge in [0.2, 0.25) is 5.91 Å². The summed E-state index contributed by atoms with van der Waals surface area (Å²) in [5, 5.41) is 6.13. The SMILES string of the molecule is CC1CN(CCCCNC(=O)C2CNC2)CC(C)O1.Cl. The van der Waals surface area contributed by atoms with Crippen molar-refractivity contribution in [3.8, 4) is 0 Å². The minimum Gasteiger partial charge on any atom is -0.373 e. The van der Waals surface area contributed by atoms with Gasteiger partial charge in [0, 0.05) is 32.7 Å². The summed E-state index contributed by atoms with van der Waals surface area (Å²) in [6, 6.07) is 0. The summed E-state index contributed by atoms with van der Waals surface area (Å²) in [6.45, 7) is 9.94. The first-order valence-electron chi connectivity index (χ1n) is 7.51. The van der Waals surface area contributed by atoms with E-state index in [2.05, 4.69) is 29.4 Å².